The number of carbonyl (C=O) groups excluding carboxylic acids is 2. The van der Waals surface area contributed by atoms with Gasteiger partial charge in [-0.2, -0.15) is 9.13 Å². The summed E-state index contributed by atoms with van der Waals surface area (Å²) in [5, 5.41) is 13.2. The van der Waals surface area contributed by atoms with Gasteiger partial charge in [0.25, 0.3) is 11.8 Å². The third kappa shape index (κ3) is 6.89. The number of aromatic amines is 2. The number of unbranched alkanes of at least 4 members (excludes halogenated alkanes) is 5. The summed E-state index contributed by atoms with van der Waals surface area (Å²) < 4.78 is 4.16. The lowest BCUT2D eigenvalue weighted by Crippen LogP contribution is -2.43. The average molecular weight is 719 g/mol. The molecule has 0 fully saturated rings. The van der Waals surface area contributed by atoms with Crippen molar-refractivity contribution in [1.29, 1.82) is 0 Å². The summed E-state index contributed by atoms with van der Waals surface area (Å²) in [5.41, 5.74) is 11.6. The zero-order valence-electron chi connectivity index (χ0n) is 31.9. The number of amides is 2. The van der Waals surface area contributed by atoms with Crippen molar-refractivity contribution in [3.05, 3.63) is 107 Å². The normalized spacial score (nSPS) is 11.9. The van der Waals surface area contributed by atoms with Crippen molar-refractivity contribution in [2.75, 3.05) is 13.1 Å². The fourth-order valence-electron chi connectivity index (χ4n) is 8.07. The molecule has 8 rings (SSSR count). The van der Waals surface area contributed by atoms with Crippen LogP contribution < -0.4 is 19.8 Å². The van der Waals surface area contributed by atoms with Crippen LogP contribution in [0.3, 0.4) is 0 Å². The van der Waals surface area contributed by atoms with Gasteiger partial charge in [0, 0.05) is 47.0 Å². The number of aryl methyl sites for hydroxylation is 4. The van der Waals surface area contributed by atoms with Gasteiger partial charge in [-0.1, -0.05) is 49.9 Å². The summed E-state index contributed by atoms with van der Waals surface area (Å²) >= 11 is 0. The highest BCUT2D eigenvalue weighted by molar-refractivity contribution is 6.16. The van der Waals surface area contributed by atoms with Gasteiger partial charge in [-0.3, -0.25) is 9.59 Å². The number of rotatable bonds is 13. The number of carbonyl (C=O) groups is 2. The lowest BCUT2D eigenvalue weighted by atomic mass is 10.1. The standard InChI is InChI=1S/C46H48N6O2/c1-29-21-35-37-25-51(41-17-11-9-15-33(41)45(37)49-39(35)23-31(29)3)27-43(53)47-19-13-7-5-6-8-14-20-48-44(54)28-52-26-38-36-22-30(2)32(4)24-40(36)50-46(38)34-16-10-12-18-42(34)52/h9-12,15-18,21-26H,5-8,13-14,19-20,27-28H2,1-4H3,(H2,47,48,53,54)/p+2. The molecular formula is C46H50N6O2+2. The first kappa shape index (κ1) is 35.3. The molecule has 0 aliphatic heterocycles. The molecule has 0 bridgehead atoms. The highest BCUT2D eigenvalue weighted by Gasteiger charge is 2.21. The monoisotopic (exact) mass is 718 g/mol. The van der Waals surface area contributed by atoms with Crippen LogP contribution in [-0.4, -0.2) is 34.9 Å². The summed E-state index contributed by atoms with van der Waals surface area (Å²) in [6.07, 6.45) is 10.5. The zero-order chi connectivity index (χ0) is 37.3. The first-order valence-electron chi connectivity index (χ1n) is 19.5. The molecule has 0 radical (unpaired) electrons. The SMILES string of the molecule is Cc1cc2[nH]c3c(c[n+](CC(=O)NCCCCCCCCNC(=O)C[n+]4cc5c6cc(C)c(C)cc6[nH]c5c5ccccc54)c4ccccc34)c2cc1C. The molecule has 0 aliphatic rings. The van der Waals surface area contributed by atoms with Crippen molar-refractivity contribution in [1.82, 2.24) is 20.6 Å². The first-order chi connectivity index (χ1) is 26.2. The van der Waals surface area contributed by atoms with Crippen LogP contribution in [0.4, 0.5) is 0 Å². The van der Waals surface area contributed by atoms with Gasteiger partial charge in [0.15, 0.2) is 12.4 Å². The Kier molecular flexibility index (Phi) is 9.76. The molecule has 54 heavy (non-hydrogen) atoms. The fourth-order valence-corrected chi connectivity index (χ4v) is 8.07. The van der Waals surface area contributed by atoms with E-state index < -0.39 is 0 Å². The van der Waals surface area contributed by atoms with Crippen LogP contribution in [-0.2, 0) is 22.7 Å². The first-order valence-corrected chi connectivity index (χ1v) is 19.5. The summed E-state index contributed by atoms with van der Waals surface area (Å²) in [6.45, 7) is 10.5. The van der Waals surface area contributed by atoms with Gasteiger partial charge in [-0.05, 0) is 99.2 Å². The Hall–Kier alpha value is -5.76. The number of H-pyrrole nitrogens is 2. The Bertz CT molecular complexity index is 2530. The minimum atomic E-state index is 0.0322. The highest BCUT2D eigenvalue weighted by atomic mass is 16.2. The molecule has 4 aromatic heterocycles. The largest absolute Gasteiger partial charge is 0.354 e. The maximum Gasteiger partial charge on any atom is 0.286 e. The lowest BCUT2D eigenvalue weighted by molar-refractivity contribution is -0.657. The predicted octanol–water partition coefficient (Wildman–Crippen LogP) is 8.34. The van der Waals surface area contributed by atoms with E-state index in [-0.39, 0.29) is 24.9 Å². The minimum absolute atomic E-state index is 0.0322. The molecule has 4 heterocycles. The molecule has 0 unspecified atom stereocenters. The smallest absolute Gasteiger partial charge is 0.286 e. The van der Waals surface area contributed by atoms with Gasteiger partial charge >= 0.3 is 0 Å². The summed E-state index contributed by atoms with van der Waals surface area (Å²) in [4.78, 5) is 33.4. The molecule has 0 atom stereocenters. The number of para-hydroxylation sites is 2. The maximum absolute atomic E-state index is 13.1. The third-order valence-electron chi connectivity index (χ3n) is 11.3. The van der Waals surface area contributed by atoms with E-state index in [4.69, 9.17) is 0 Å². The molecule has 0 aliphatic carbocycles. The quantitative estimate of drug-likeness (QED) is 0.0713. The van der Waals surface area contributed by atoms with Gasteiger partial charge in [-0.15, -0.1) is 0 Å². The van der Waals surface area contributed by atoms with E-state index >= 15 is 0 Å². The second-order valence-corrected chi connectivity index (χ2v) is 15.2. The van der Waals surface area contributed by atoms with Crippen molar-refractivity contribution in [3.63, 3.8) is 0 Å². The lowest BCUT2D eigenvalue weighted by Gasteiger charge is -2.07. The molecule has 8 heteroatoms. The molecule has 4 N–H and O–H groups in total. The Morgan fingerprint density at radius 2 is 0.889 bits per heavy atom. The van der Waals surface area contributed by atoms with E-state index in [9.17, 15) is 9.59 Å². The van der Waals surface area contributed by atoms with Crippen LogP contribution >= 0.6 is 0 Å². The summed E-state index contributed by atoms with van der Waals surface area (Å²) in [6, 6.07) is 25.5. The molecular weight excluding hydrogens is 669 g/mol. The zero-order valence-corrected chi connectivity index (χ0v) is 31.9. The second kappa shape index (κ2) is 14.9. The van der Waals surface area contributed by atoms with E-state index in [2.05, 4.69) is 130 Å². The van der Waals surface area contributed by atoms with E-state index in [0.717, 1.165) is 93.2 Å². The van der Waals surface area contributed by atoms with Crippen molar-refractivity contribution >= 4 is 77.2 Å². The van der Waals surface area contributed by atoms with E-state index in [1.165, 1.54) is 33.0 Å². The third-order valence-corrected chi connectivity index (χ3v) is 11.3. The van der Waals surface area contributed by atoms with Crippen molar-refractivity contribution in [2.45, 2.75) is 79.3 Å². The molecule has 8 aromatic rings. The highest BCUT2D eigenvalue weighted by Crippen LogP contribution is 2.32. The van der Waals surface area contributed by atoms with Crippen LogP contribution in [0, 0.1) is 27.7 Å². The van der Waals surface area contributed by atoms with Gasteiger partial charge in [0.05, 0.1) is 32.6 Å². The molecule has 4 aromatic carbocycles. The van der Waals surface area contributed by atoms with Gasteiger partial charge in [-0.25, -0.2) is 0 Å². The van der Waals surface area contributed by atoms with Crippen LogP contribution in [0.2, 0.25) is 0 Å². The Morgan fingerprint density at radius 3 is 1.33 bits per heavy atom. The van der Waals surface area contributed by atoms with E-state index in [1.54, 1.807) is 0 Å². The van der Waals surface area contributed by atoms with E-state index in [0.29, 0.717) is 13.1 Å². The van der Waals surface area contributed by atoms with Gasteiger partial charge < -0.3 is 20.6 Å². The minimum Gasteiger partial charge on any atom is -0.354 e. The van der Waals surface area contributed by atoms with Crippen LogP contribution in [0.1, 0.15) is 60.8 Å². The second-order valence-electron chi connectivity index (χ2n) is 15.2. The molecule has 274 valence electrons. The van der Waals surface area contributed by atoms with Crippen molar-refractivity contribution in [3.8, 4) is 0 Å². The number of nitrogens with zero attached hydrogens (tertiary/aromatic N) is 2. The number of benzene rings is 4. The van der Waals surface area contributed by atoms with Gasteiger partial charge in [0.1, 0.15) is 0 Å². The Balaban J connectivity index is 0.779. The number of nitrogens with one attached hydrogen (secondary N) is 4. The Morgan fingerprint density at radius 1 is 0.500 bits per heavy atom. The predicted molar refractivity (Wildman–Crippen MR) is 220 cm³/mol. The molecule has 0 saturated heterocycles. The van der Waals surface area contributed by atoms with Crippen molar-refractivity contribution < 1.29 is 18.7 Å². The van der Waals surface area contributed by atoms with Crippen LogP contribution in [0.15, 0.2) is 85.2 Å². The average Bonchev–Trinajstić information content (AvgIpc) is 3.70. The summed E-state index contributed by atoms with van der Waals surface area (Å²) in [7, 11) is 0. The number of aromatic nitrogens is 4. The number of hydrogen-bond acceptors (Lipinski definition) is 2. The molecule has 0 spiro atoms. The summed E-state index contributed by atoms with van der Waals surface area (Å²) in [5.74, 6) is 0.0645. The molecule has 0 saturated carbocycles. The molecule has 2 amide bonds. The van der Waals surface area contributed by atoms with Crippen molar-refractivity contribution in [2.24, 2.45) is 0 Å². The maximum atomic E-state index is 13.1. The Labute approximate surface area is 315 Å². The van der Waals surface area contributed by atoms with E-state index in [1.807, 2.05) is 12.1 Å². The number of fused-ring (bicyclic) bond motifs is 10. The van der Waals surface area contributed by atoms with Crippen LogP contribution in [0.25, 0.3) is 65.4 Å². The molecule has 8 nitrogen and oxygen atoms in total. The topological polar surface area (TPSA) is 97.5 Å². The number of hydrogen-bond donors (Lipinski definition) is 4. The number of pyridine rings is 2. The van der Waals surface area contributed by atoms with Gasteiger partial charge in [0.2, 0.25) is 24.1 Å². The van der Waals surface area contributed by atoms with Crippen LogP contribution in [0.5, 0.6) is 0 Å². The fraction of sp³-hybridized carbons (Fsp3) is 0.304.